The van der Waals surface area contributed by atoms with Crippen LogP contribution >= 0.6 is 0 Å². The Morgan fingerprint density at radius 1 is 1.24 bits per heavy atom. The molecule has 2 aliphatic rings. The van der Waals surface area contributed by atoms with E-state index >= 15 is 0 Å². The summed E-state index contributed by atoms with van der Waals surface area (Å²) in [5.41, 5.74) is 1.27. The molecule has 11 heteroatoms. The quantitative estimate of drug-likeness (QED) is 0.382. The van der Waals surface area contributed by atoms with Gasteiger partial charge in [-0.05, 0) is 37.0 Å². The van der Waals surface area contributed by atoms with E-state index in [1.54, 1.807) is 18.3 Å². The molecule has 3 atom stereocenters. The lowest BCUT2D eigenvalue weighted by atomic mass is 9.83. The predicted molar refractivity (Wildman–Crippen MR) is 131 cm³/mol. The lowest BCUT2D eigenvalue weighted by Gasteiger charge is -2.28. The molecule has 1 aromatic carbocycles. The van der Waals surface area contributed by atoms with E-state index < -0.39 is 23.8 Å². The monoisotopic (exact) mass is 517 g/mol. The van der Waals surface area contributed by atoms with Crippen molar-refractivity contribution in [2.45, 2.75) is 58.1 Å². The summed E-state index contributed by atoms with van der Waals surface area (Å²) in [7, 11) is 0. The molecule has 0 saturated carbocycles. The number of rotatable bonds is 13. The molecule has 1 amide bonds. The van der Waals surface area contributed by atoms with Crippen molar-refractivity contribution < 1.29 is 38.5 Å². The number of aliphatic carboxylic acids is 1. The van der Waals surface area contributed by atoms with Crippen LogP contribution in [0.4, 0.5) is 0 Å². The van der Waals surface area contributed by atoms with Gasteiger partial charge in [0.25, 0.3) is 5.91 Å². The number of aliphatic hydroxyl groups is 1. The van der Waals surface area contributed by atoms with Crippen molar-refractivity contribution in [2.24, 2.45) is 5.92 Å². The summed E-state index contributed by atoms with van der Waals surface area (Å²) in [5, 5.41) is 21.6. The van der Waals surface area contributed by atoms with Crippen molar-refractivity contribution in [3.05, 3.63) is 41.6 Å². The highest BCUT2D eigenvalue weighted by molar-refractivity contribution is 5.78. The fourth-order valence-corrected chi connectivity index (χ4v) is 5.19. The molecule has 0 radical (unpaired) electrons. The van der Waals surface area contributed by atoms with Crippen molar-refractivity contribution >= 4 is 11.9 Å². The van der Waals surface area contributed by atoms with Crippen LogP contribution in [0.5, 0.6) is 11.5 Å². The first-order chi connectivity index (χ1) is 18.0. The standard InChI is InChI=1S/C26H35N3O8/c1-3-8-29(37-9-4-2)23(31)14-28-13-19(17-11-18(15-30)25-21(12-17)35-16-36-25)24(26(32)33)20(28)5-6-22-27-7-10-34-22/h7,10-12,19-20,24,30H,3-6,8-9,13-16H2,1-2H3,(H,32,33)/t19-,20+,24-/m1/s1. The number of aromatic nitrogens is 1. The summed E-state index contributed by atoms with van der Waals surface area (Å²) < 4.78 is 16.4. The van der Waals surface area contributed by atoms with Gasteiger partial charge in [-0.15, -0.1) is 0 Å². The minimum Gasteiger partial charge on any atom is -0.481 e. The van der Waals surface area contributed by atoms with Gasteiger partial charge in [-0.25, -0.2) is 10.0 Å². The number of hydrogen-bond donors (Lipinski definition) is 2. The number of ether oxygens (including phenoxy) is 2. The van der Waals surface area contributed by atoms with Crippen LogP contribution in [0.15, 0.2) is 29.0 Å². The number of amides is 1. The molecule has 4 rings (SSSR count). The Kier molecular flexibility index (Phi) is 9.01. The summed E-state index contributed by atoms with van der Waals surface area (Å²) in [4.78, 5) is 37.7. The molecule has 2 aromatic rings. The van der Waals surface area contributed by atoms with Crippen LogP contribution in [0.2, 0.25) is 0 Å². The van der Waals surface area contributed by atoms with E-state index in [4.69, 9.17) is 18.7 Å². The molecule has 2 N–H and O–H groups in total. The highest BCUT2D eigenvalue weighted by Crippen LogP contribution is 2.44. The highest BCUT2D eigenvalue weighted by Gasteiger charge is 2.47. The Morgan fingerprint density at radius 3 is 2.76 bits per heavy atom. The zero-order valence-corrected chi connectivity index (χ0v) is 21.3. The van der Waals surface area contributed by atoms with Gasteiger partial charge in [-0.1, -0.05) is 13.8 Å². The average molecular weight is 518 g/mol. The van der Waals surface area contributed by atoms with Crippen LogP contribution in [0, 0.1) is 5.92 Å². The number of carboxylic acids is 1. The second kappa shape index (κ2) is 12.4. The third-order valence-electron chi connectivity index (χ3n) is 6.84. The minimum absolute atomic E-state index is 0.0254. The Balaban J connectivity index is 1.63. The van der Waals surface area contributed by atoms with Crippen LogP contribution in [-0.4, -0.2) is 76.1 Å². The molecule has 1 fully saturated rings. The molecule has 37 heavy (non-hydrogen) atoms. The second-order valence-electron chi connectivity index (χ2n) is 9.33. The molecule has 2 aliphatic heterocycles. The molecule has 0 spiro atoms. The maximum Gasteiger partial charge on any atom is 0.308 e. The predicted octanol–water partition coefficient (Wildman–Crippen LogP) is 2.58. The number of carbonyl (C=O) groups excluding carboxylic acids is 1. The van der Waals surface area contributed by atoms with Crippen molar-refractivity contribution in [2.75, 3.05) is 33.0 Å². The Hall–Kier alpha value is -3.15. The van der Waals surface area contributed by atoms with E-state index in [2.05, 4.69) is 4.98 Å². The molecule has 1 saturated heterocycles. The maximum absolute atomic E-state index is 13.3. The summed E-state index contributed by atoms with van der Waals surface area (Å²) in [6.45, 7) is 4.99. The first-order valence-corrected chi connectivity index (χ1v) is 12.8. The average Bonchev–Trinajstić information content (AvgIpc) is 3.64. The first-order valence-electron chi connectivity index (χ1n) is 12.8. The number of benzene rings is 1. The number of oxazole rings is 1. The van der Waals surface area contributed by atoms with Crippen LogP contribution in [-0.2, 0) is 27.5 Å². The summed E-state index contributed by atoms with van der Waals surface area (Å²) in [6.07, 6.45) is 5.44. The zero-order chi connectivity index (χ0) is 26.4. The number of carboxylic acid groups (broad SMARTS) is 1. The molecule has 0 bridgehead atoms. The van der Waals surface area contributed by atoms with Gasteiger partial charge in [0.15, 0.2) is 17.4 Å². The topological polar surface area (TPSA) is 135 Å². The molecule has 202 valence electrons. The zero-order valence-electron chi connectivity index (χ0n) is 21.3. The number of aryl methyl sites for hydroxylation is 1. The second-order valence-corrected chi connectivity index (χ2v) is 9.33. The highest BCUT2D eigenvalue weighted by atomic mass is 16.7. The van der Waals surface area contributed by atoms with Gasteiger partial charge >= 0.3 is 5.97 Å². The van der Waals surface area contributed by atoms with Gasteiger partial charge in [0.1, 0.15) is 6.26 Å². The number of carbonyl (C=O) groups is 2. The maximum atomic E-state index is 13.3. The first kappa shape index (κ1) is 26.9. The number of fused-ring (bicyclic) bond motifs is 1. The number of aliphatic hydroxyl groups excluding tert-OH is 1. The lowest BCUT2D eigenvalue weighted by Crippen LogP contribution is -2.44. The number of likely N-dealkylation sites (tertiary alicyclic amines) is 1. The fourth-order valence-electron chi connectivity index (χ4n) is 5.19. The molecular formula is C26H35N3O8. The number of hydroxylamine groups is 2. The van der Waals surface area contributed by atoms with E-state index in [0.29, 0.717) is 55.5 Å². The van der Waals surface area contributed by atoms with Gasteiger partial charge in [0.2, 0.25) is 6.79 Å². The van der Waals surface area contributed by atoms with E-state index in [1.165, 1.54) is 11.3 Å². The van der Waals surface area contributed by atoms with Crippen LogP contribution in [0.1, 0.15) is 56.0 Å². The lowest BCUT2D eigenvalue weighted by molar-refractivity contribution is -0.188. The fraction of sp³-hybridized carbons (Fsp3) is 0.577. The van der Waals surface area contributed by atoms with Gasteiger partial charge in [-0.2, -0.15) is 0 Å². The van der Waals surface area contributed by atoms with E-state index in [1.807, 2.05) is 18.7 Å². The van der Waals surface area contributed by atoms with Crippen molar-refractivity contribution in [1.29, 1.82) is 0 Å². The van der Waals surface area contributed by atoms with Crippen LogP contribution < -0.4 is 9.47 Å². The summed E-state index contributed by atoms with van der Waals surface area (Å²) >= 11 is 0. The Morgan fingerprint density at radius 2 is 2.08 bits per heavy atom. The van der Waals surface area contributed by atoms with Crippen LogP contribution in [0.25, 0.3) is 0 Å². The van der Waals surface area contributed by atoms with E-state index in [-0.39, 0.29) is 25.9 Å². The Bertz CT molecular complexity index is 1060. The van der Waals surface area contributed by atoms with Gasteiger partial charge < -0.3 is 24.1 Å². The van der Waals surface area contributed by atoms with E-state index in [9.17, 15) is 19.8 Å². The smallest absolute Gasteiger partial charge is 0.308 e. The molecule has 0 aliphatic carbocycles. The Labute approximate surface area is 215 Å². The van der Waals surface area contributed by atoms with Crippen molar-refractivity contribution in [3.8, 4) is 11.5 Å². The number of nitrogens with zero attached hydrogens (tertiary/aromatic N) is 3. The van der Waals surface area contributed by atoms with Crippen LogP contribution in [0.3, 0.4) is 0 Å². The normalized spacial score (nSPS) is 20.9. The minimum atomic E-state index is -0.951. The van der Waals surface area contributed by atoms with Gasteiger partial charge in [-0.3, -0.25) is 19.3 Å². The molecule has 1 aromatic heterocycles. The summed E-state index contributed by atoms with van der Waals surface area (Å²) in [6, 6.07) is 3.11. The van der Waals surface area contributed by atoms with E-state index in [0.717, 1.165) is 18.4 Å². The largest absolute Gasteiger partial charge is 0.481 e. The molecular weight excluding hydrogens is 482 g/mol. The molecule has 0 unspecified atom stereocenters. The van der Waals surface area contributed by atoms with Gasteiger partial charge in [0, 0.05) is 37.0 Å². The van der Waals surface area contributed by atoms with Crippen molar-refractivity contribution in [1.82, 2.24) is 14.9 Å². The third kappa shape index (κ3) is 6.06. The summed E-state index contributed by atoms with van der Waals surface area (Å²) in [5.74, 6) is -0.910. The third-order valence-corrected chi connectivity index (χ3v) is 6.84. The SMILES string of the molecule is CCCON(CCC)C(=O)CN1C[C@H](c2cc(CO)c3c(c2)OCO3)[C@@H](C(=O)O)[C@@H]1CCc1ncco1. The number of hydrogen-bond acceptors (Lipinski definition) is 9. The molecule has 3 heterocycles. The van der Waals surface area contributed by atoms with Gasteiger partial charge in [0.05, 0.1) is 31.9 Å². The molecule has 11 nitrogen and oxygen atoms in total. The van der Waals surface area contributed by atoms with Crippen molar-refractivity contribution in [3.63, 3.8) is 0 Å².